The van der Waals surface area contributed by atoms with E-state index in [1.807, 2.05) is 0 Å². The fraction of sp³-hybridized carbons (Fsp3) is 0.455. The quantitative estimate of drug-likeness (QED) is 0.800. The maximum Gasteiger partial charge on any atom is 0.337 e. The topological polar surface area (TPSA) is 59.4 Å². The molecule has 1 aliphatic heterocycles. The first-order valence-corrected chi connectivity index (χ1v) is 4.97. The lowest BCUT2D eigenvalue weighted by Crippen LogP contribution is -2.07. The fourth-order valence-electron chi connectivity index (χ4n) is 1.80. The Morgan fingerprint density at radius 2 is 2.40 bits per heavy atom. The van der Waals surface area contributed by atoms with Gasteiger partial charge in [0, 0.05) is 18.2 Å². The third kappa shape index (κ3) is 1.99. The van der Waals surface area contributed by atoms with Crippen LogP contribution in [0.1, 0.15) is 34.1 Å². The van der Waals surface area contributed by atoms with Crippen LogP contribution in [-0.4, -0.2) is 29.3 Å². The predicted octanol–water partition coefficient (Wildman–Crippen LogP) is 1.59. The molecule has 0 amide bonds. The van der Waals surface area contributed by atoms with Gasteiger partial charge in [-0.15, -0.1) is 0 Å². The maximum atomic E-state index is 10.8. The summed E-state index contributed by atoms with van der Waals surface area (Å²) in [6.45, 7) is 3.19. The molecular weight excluding hydrogens is 194 g/mol. The second-order valence-corrected chi connectivity index (χ2v) is 3.73. The minimum atomic E-state index is -0.922. The molecule has 1 aliphatic rings. The van der Waals surface area contributed by atoms with Crippen LogP contribution in [0.25, 0.3) is 0 Å². The van der Waals surface area contributed by atoms with Crippen LogP contribution in [0.2, 0.25) is 0 Å². The molecule has 1 unspecified atom stereocenters. The molecule has 2 heterocycles. The molecular formula is C11H13NO3. The highest BCUT2D eigenvalue weighted by Gasteiger charge is 2.20. The van der Waals surface area contributed by atoms with Crippen LogP contribution >= 0.6 is 0 Å². The Kier molecular flexibility index (Phi) is 2.68. The van der Waals surface area contributed by atoms with Gasteiger partial charge >= 0.3 is 5.97 Å². The number of nitrogens with zero attached hydrogens (tertiary/aromatic N) is 1. The van der Waals surface area contributed by atoms with Crippen molar-refractivity contribution in [2.24, 2.45) is 0 Å². The van der Waals surface area contributed by atoms with Crippen molar-refractivity contribution in [3.8, 4) is 0 Å². The fourth-order valence-corrected chi connectivity index (χ4v) is 1.80. The van der Waals surface area contributed by atoms with Crippen molar-refractivity contribution >= 4 is 5.97 Å². The molecule has 1 saturated heterocycles. The average Bonchev–Trinajstić information content (AvgIpc) is 2.69. The van der Waals surface area contributed by atoms with Gasteiger partial charge in [-0.05, 0) is 25.5 Å². The second-order valence-electron chi connectivity index (χ2n) is 3.73. The van der Waals surface area contributed by atoms with Gasteiger partial charge in [-0.1, -0.05) is 0 Å². The molecule has 0 spiro atoms. The maximum absolute atomic E-state index is 10.8. The highest BCUT2D eigenvalue weighted by Crippen LogP contribution is 2.24. The van der Waals surface area contributed by atoms with Crippen molar-refractivity contribution in [2.45, 2.75) is 19.3 Å². The van der Waals surface area contributed by atoms with Crippen LogP contribution in [0.3, 0.4) is 0 Å². The van der Waals surface area contributed by atoms with Crippen LogP contribution < -0.4 is 0 Å². The largest absolute Gasteiger partial charge is 0.478 e. The molecule has 1 fully saturated rings. The molecule has 1 aromatic rings. The zero-order chi connectivity index (χ0) is 10.8. The summed E-state index contributed by atoms with van der Waals surface area (Å²) in [5.74, 6) is -0.597. The van der Waals surface area contributed by atoms with Gasteiger partial charge in [0.2, 0.25) is 0 Å². The summed E-state index contributed by atoms with van der Waals surface area (Å²) in [4.78, 5) is 15.1. The van der Waals surface area contributed by atoms with E-state index in [0.29, 0.717) is 18.2 Å². The van der Waals surface area contributed by atoms with Gasteiger partial charge in [0.25, 0.3) is 0 Å². The van der Waals surface area contributed by atoms with E-state index in [1.54, 1.807) is 19.1 Å². The van der Waals surface area contributed by atoms with Crippen LogP contribution in [-0.2, 0) is 4.74 Å². The standard InChI is InChI=1S/C11H13NO3/c1-7-9(11(13)14)2-3-10(12-7)8-4-5-15-6-8/h2-3,8H,4-6H2,1H3,(H,13,14). The summed E-state index contributed by atoms with van der Waals surface area (Å²) in [6.07, 6.45) is 0.971. The molecule has 15 heavy (non-hydrogen) atoms. The Hall–Kier alpha value is -1.42. The molecule has 4 nitrogen and oxygen atoms in total. The molecule has 0 bridgehead atoms. The first-order chi connectivity index (χ1) is 7.18. The number of aromatic nitrogens is 1. The van der Waals surface area contributed by atoms with Gasteiger partial charge in [-0.2, -0.15) is 0 Å². The normalized spacial score (nSPS) is 20.5. The van der Waals surface area contributed by atoms with Crippen molar-refractivity contribution in [2.75, 3.05) is 13.2 Å². The van der Waals surface area contributed by atoms with E-state index in [2.05, 4.69) is 4.98 Å². The Balaban J connectivity index is 2.28. The van der Waals surface area contributed by atoms with Gasteiger partial charge in [0.1, 0.15) is 0 Å². The van der Waals surface area contributed by atoms with Crippen molar-refractivity contribution in [3.63, 3.8) is 0 Å². The summed E-state index contributed by atoms with van der Waals surface area (Å²) >= 11 is 0. The van der Waals surface area contributed by atoms with E-state index >= 15 is 0 Å². The van der Waals surface area contributed by atoms with E-state index in [9.17, 15) is 4.79 Å². The molecule has 1 N–H and O–H groups in total. The molecule has 0 aliphatic carbocycles. The van der Waals surface area contributed by atoms with E-state index < -0.39 is 5.97 Å². The van der Waals surface area contributed by atoms with Crippen LogP contribution in [0, 0.1) is 6.92 Å². The molecule has 1 atom stereocenters. The summed E-state index contributed by atoms with van der Waals surface area (Å²) in [5.41, 5.74) is 1.79. The van der Waals surface area contributed by atoms with Crippen molar-refractivity contribution in [3.05, 3.63) is 29.1 Å². The Bertz CT molecular complexity index is 383. The van der Waals surface area contributed by atoms with Gasteiger partial charge < -0.3 is 9.84 Å². The Morgan fingerprint density at radius 3 is 2.93 bits per heavy atom. The second kappa shape index (κ2) is 3.98. The third-order valence-electron chi connectivity index (χ3n) is 2.69. The van der Waals surface area contributed by atoms with Crippen molar-refractivity contribution in [1.29, 1.82) is 0 Å². The van der Waals surface area contributed by atoms with Gasteiger partial charge in [-0.3, -0.25) is 4.98 Å². The first kappa shape index (κ1) is 10.1. The minimum Gasteiger partial charge on any atom is -0.478 e. The summed E-state index contributed by atoms with van der Waals surface area (Å²) in [6, 6.07) is 3.41. The summed E-state index contributed by atoms with van der Waals surface area (Å²) in [5, 5.41) is 8.86. The number of aromatic carboxylic acids is 1. The molecule has 4 heteroatoms. The monoisotopic (exact) mass is 207 g/mol. The molecule has 1 aromatic heterocycles. The smallest absolute Gasteiger partial charge is 0.337 e. The highest BCUT2D eigenvalue weighted by molar-refractivity contribution is 5.88. The number of aryl methyl sites for hydroxylation is 1. The lowest BCUT2D eigenvalue weighted by atomic mass is 10.0. The lowest BCUT2D eigenvalue weighted by Gasteiger charge is -2.08. The van der Waals surface area contributed by atoms with Crippen molar-refractivity contribution in [1.82, 2.24) is 4.98 Å². The van der Waals surface area contributed by atoms with Crippen molar-refractivity contribution < 1.29 is 14.6 Å². The third-order valence-corrected chi connectivity index (χ3v) is 2.69. The molecule has 80 valence electrons. The van der Waals surface area contributed by atoms with E-state index in [1.165, 1.54) is 0 Å². The Labute approximate surface area is 87.9 Å². The molecule has 2 rings (SSSR count). The molecule has 0 radical (unpaired) electrons. The first-order valence-electron chi connectivity index (χ1n) is 4.97. The predicted molar refractivity (Wildman–Crippen MR) is 54.1 cm³/mol. The number of carboxylic acid groups (broad SMARTS) is 1. The van der Waals surface area contributed by atoms with Crippen LogP contribution in [0.5, 0.6) is 0 Å². The van der Waals surface area contributed by atoms with Gasteiger partial charge in [0.05, 0.1) is 17.9 Å². The Morgan fingerprint density at radius 1 is 1.60 bits per heavy atom. The average molecular weight is 207 g/mol. The number of hydrogen-bond donors (Lipinski definition) is 1. The summed E-state index contributed by atoms with van der Waals surface area (Å²) in [7, 11) is 0. The van der Waals surface area contributed by atoms with Gasteiger partial charge in [0.15, 0.2) is 0 Å². The van der Waals surface area contributed by atoms with E-state index in [-0.39, 0.29) is 5.56 Å². The number of ether oxygens (including phenoxy) is 1. The van der Waals surface area contributed by atoms with Crippen LogP contribution in [0.15, 0.2) is 12.1 Å². The zero-order valence-electron chi connectivity index (χ0n) is 8.56. The SMILES string of the molecule is Cc1nc(C2CCOC2)ccc1C(=O)O. The zero-order valence-corrected chi connectivity index (χ0v) is 8.56. The molecule has 0 aromatic carbocycles. The summed E-state index contributed by atoms with van der Waals surface area (Å²) < 4.78 is 5.27. The number of hydrogen-bond acceptors (Lipinski definition) is 3. The number of rotatable bonds is 2. The number of carbonyl (C=O) groups is 1. The van der Waals surface area contributed by atoms with Crippen LogP contribution in [0.4, 0.5) is 0 Å². The van der Waals surface area contributed by atoms with Gasteiger partial charge in [-0.25, -0.2) is 4.79 Å². The molecule has 0 saturated carbocycles. The highest BCUT2D eigenvalue weighted by atomic mass is 16.5. The lowest BCUT2D eigenvalue weighted by molar-refractivity contribution is 0.0695. The van der Waals surface area contributed by atoms with E-state index in [0.717, 1.165) is 18.7 Å². The number of carboxylic acids is 1. The minimum absolute atomic E-state index is 0.276. The number of pyridine rings is 1. The van der Waals surface area contributed by atoms with E-state index in [4.69, 9.17) is 9.84 Å².